The van der Waals surface area contributed by atoms with Crippen LogP contribution >= 0.6 is 0 Å². The third-order valence-corrected chi connectivity index (χ3v) is 3.88. The second-order valence-corrected chi connectivity index (χ2v) is 5.11. The number of amides is 1. The fourth-order valence-corrected chi connectivity index (χ4v) is 2.62. The second-order valence-electron chi connectivity index (χ2n) is 5.11. The first-order chi connectivity index (χ1) is 9.15. The van der Waals surface area contributed by atoms with Gasteiger partial charge in [-0.2, -0.15) is 0 Å². The Morgan fingerprint density at radius 2 is 2.21 bits per heavy atom. The average Bonchev–Trinajstić information content (AvgIpc) is 2.40. The van der Waals surface area contributed by atoms with Gasteiger partial charge in [-0.15, -0.1) is 0 Å². The number of carbonyl (C=O) groups is 1. The van der Waals surface area contributed by atoms with Crippen LogP contribution in [0.15, 0.2) is 18.2 Å². The van der Waals surface area contributed by atoms with Crippen molar-refractivity contribution in [3.63, 3.8) is 0 Å². The standard InChI is InChI=1S/C15H23N3O/c1-11-5-4-6-13(12(11)2)18-10-9-17-15(19)14(18)7-8-16-3/h4-6,14,16H,7-10H2,1-3H3,(H,17,19). The molecule has 4 nitrogen and oxygen atoms in total. The number of hydrogen-bond donors (Lipinski definition) is 2. The molecule has 2 rings (SSSR count). The molecular formula is C15H23N3O. The monoisotopic (exact) mass is 261 g/mol. The molecule has 1 atom stereocenters. The maximum atomic E-state index is 12.1. The summed E-state index contributed by atoms with van der Waals surface area (Å²) in [7, 11) is 1.92. The van der Waals surface area contributed by atoms with E-state index in [1.54, 1.807) is 0 Å². The minimum Gasteiger partial charge on any atom is -0.357 e. The van der Waals surface area contributed by atoms with Crippen LogP contribution in [0.2, 0.25) is 0 Å². The third-order valence-electron chi connectivity index (χ3n) is 3.88. The normalized spacial score (nSPS) is 19.4. The molecule has 0 aromatic heterocycles. The third kappa shape index (κ3) is 2.89. The zero-order valence-corrected chi connectivity index (χ0v) is 12.0. The Hall–Kier alpha value is -1.55. The van der Waals surface area contributed by atoms with Gasteiger partial charge in [-0.05, 0) is 51.1 Å². The molecule has 19 heavy (non-hydrogen) atoms. The van der Waals surface area contributed by atoms with E-state index < -0.39 is 0 Å². The number of hydrogen-bond acceptors (Lipinski definition) is 3. The van der Waals surface area contributed by atoms with E-state index >= 15 is 0 Å². The van der Waals surface area contributed by atoms with Gasteiger partial charge in [0.2, 0.25) is 5.91 Å². The zero-order valence-electron chi connectivity index (χ0n) is 12.0. The van der Waals surface area contributed by atoms with Crippen LogP contribution in [0, 0.1) is 13.8 Å². The number of anilines is 1. The van der Waals surface area contributed by atoms with Crippen molar-refractivity contribution in [1.29, 1.82) is 0 Å². The SMILES string of the molecule is CNCCC1C(=O)NCCN1c1cccc(C)c1C. The molecule has 0 aliphatic carbocycles. The summed E-state index contributed by atoms with van der Waals surface area (Å²) < 4.78 is 0. The molecule has 0 saturated carbocycles. The largest absolute Gasteiger partial charge is 0.357 e. The molecule has 1 aromatic carbocycles. The van der Waals surface area contributed by atoms with Gasteiger partial charge in [0.1, 0.15) is 6.04 Å². The smallest absolute Gasteiger partial charge is 0.242 e. The van der Waals surface area contributed by atoms with Crippen LogP contribution in [0.4, 0.5) is 5.69 Å². The molecule has 0 spiro atoms. The van der Waals surface area contributed by atoms with Crippen molar-refractivity contribution in [3.8, 4) is 0 Å². The summed E-state index contributed by atoms with van der Waals surface area (Å²) in [6.45, 7) is 6.70. The van der Waals surface area contributed by atoms with Gasteiger partial charge in [0.25, 0.3) is 0 Å². The molecule has 1 aromatic rings. The number of aryl methyl sites for hydroxylation is 1. The molecular weight excluding hydrogens is 238 g/mol. The summed E-state index contributed by atoms with van der Waals surface area (Å²) in [6.07, 6.45) is 0.829. The van der Waals surface area contributed by atoms with E-state index in [0.717, 1.165) is 26.1 Å². The van der Waals surface area contributed by atoms with E-state index in [1.165, 1.54) is 16.8 Å². The van der Waals surface area contributed by atoms with Crippen LogP contribution < -0.4 is 15.5 Å². The zero-order chi connectivity index (χ0) is 13.8. The molecule has 1 amide bonds. The number of nitrogens with zero attached hydrogens (tertiary/aromatic N) is 1. The van der Waals surface area contributed by atoms with E-state index in [4.69, 9.17) is 0 Å². The quantitative estimate of drug-likeness (QED) is 0.856. The van der Waals surface area contributed by atoms with Crippen molar-refractivity contribution in [2.45, 2.75) is 26.3 Å². The molecule has 1 aliphatic heterocycles. The molecule has 1 saturated heterocycles. The minimum absolute atomic E-state index is 0.0679. The Morgan fingerprint density at radius 3 is 2.95 bits per heavy atom. The lowest BCUT2D eigenvalue weighted by molar-refractivity contribution is -0.123. The van der Waals surface area contributed by atoms with Gasteiger partial charge in [0.05, 0.1) is 0 Å². The van der Waals surface area contributed by atoms with Crippen LogP contribution in [0.1, 0.15) is 17.5 Å². The lowest BCUT2D eigenvalue weighted by atomic mass is 10.0. The first kappa shape index (κ1) is 13.9. The summed E-state index contributed by atoms with van der Waals surface area (Å²) >= 11 is 0. The molecule has 2 N–H and O–H groups in total. The van der Waals surface area contributed by atoms with E-state index in [1.807, 2.05) is 7.05 Å². The highest BCUT2D eigenvalue weighted by molar-refractivity contribution is 5.87. The van der Waals surface area contributed by atoms with Crippen molar-refractivity contribution < 1.29 is 4.79 Å². The van der Waals surface area contributed by atoms with Gasteiger partial charge < -0.3 is 15.5 Å². The number of rotatable bonds is 4. The Kier molecular flexibility index (Phi) is 4.43. The fraction of sp³-hybridized carbons (Fsp3) is 0.533. The predicted octanol–water partition coefficient (Wildman–Crippen LogP) is 1.22. The van der Waals surface area contributed by atoms with Gasteiger partial charge in [-0.1, -0.05) is 12.1 Å². The van der Waals surface area contributed by atoms with Gasteiger partial charge in [0.15, 0.2) is 0 Å². The van der Waals surface area contributed by atoms with Gasteiger partial charge in [-0.25, -0.2) is 0 Å². The van der Waals surface area contributed by atoms with Crippen molar-refractivity contribution in [2.75, 3.05) is 31.6 Å². The van der Waals surface area contributed by atoms with Gasteiger partial charge >= 0.3 is 0 Å². The highest BCUT2D eigenvalue weighted by Gasteiger charge is 2.30. The predicted molar refractivity (Wildman–Crippen MR) is 78.6 cm³/mol. The Morgan fingerprint density at radius 1 is 1.42 bits per heavy atom. The van der Waals surface area contributed by atoms with Crippen LogP contribution in [0.25, 0.3) is 0 Å². The first-order valence-corrected chi connectivity index (χ1v) is 6.90. The lowest BCUT2D eigenvalue weighted by Crippen LogP contribution is -2.56. The summed E-state index contributed by atoms with van der Waals surface area (Å²) in [5, 5.41) is 6.09. The summed E-state index contributed by atoms with van der Waals surface area (Å²) in [5.74, 6) is 0.141. The average molecular weight is 261 g/mol. The maximum absolute atomic E-state index is 12.1. The van der Waals surface area contributed by atoms with E-state index in [-0.39, 0.29) is 11.9 Å². The molecule has 1 aliphatic rings. The van der Waals surface area contributed by atoms with Crippen molar-refractivity contribution in [1.82, 2.24) is 10.6 Å². The second kappa shape index (κ2) is 6.06. The van der Waals surface area contributed by atoms with Crippen molar-refractivity contribution in [3.05, 3.63) is 29.3 Å². The Bertz CT molecular complexity index is 459. The lowest BCUT2D eigenvalue weighted by Gasteiger charge is -2.38. The van der Waals surface area contributed by atoms with Crippen molar-refractivity contribution in [2.24, 2.45) is 0 Å². The number of benzene rings is 1. The van der Waals surface area contributed by atoms with Crippen molar-refractivity contribution >= 4 is 11.6 Å². The highest BCUT2D eigenvalue weighted by atomic mass is 16.2. The fourth-order valence-electron chi connectivity index (χ4n) is 2.62. The summed E-state index contributed by atoms with van der Waals surface area (Å²) in [4.78, 5) is 14.3. The molecule has 1 heterocycles. The van der Waals surface area contributed by atoms with Crippen LogP contribution in [0.3, 0.4) is 0 Å². The maximum Gasteiger partial charge on any atom is 0.242 e. The molecule has 4 heteroatoms. The Labute approximate surface area is 115 Å². The number of nitrogens with one attached hydrogen (secondary N) is 2. The van der Waals surface area contributed by atoms with E-state index in [2.05, 4.69) is 47.6 Å². The minimum atomic E-state index is -0.0679. The van der Waals surface area contributed by atoms with E-state index in [9.17, 15) is 4.79 Å². The van der Waals surface area contributed by atoms with Crippen LogP contribution in [-0.4, -0.2) is 38.6 Å². The first-order valence-electron chi connectivity index (χ1n) is 6.90. The molecule has 1 fully saturated rings. The topological polar surface area (TPSA) is 44.4 Å². The Balaban J connectivity index is 2.28. The number of carbonyl (C=O) groups excluding carboxylic acids is 1. The van der Waals surface area contributed by atoms with Gasteiger partial charge in [0, 0.05) is 18.8 Å². The molecule has 0 bridgehead atoms. The number of piperazine rings is 1. The summed E-state index contributed by atoms with van der Waals surface area (Å²) in [5.41, 5.74) is 3.73. The van der Waals surface area contributed by atoms with Crippen LogP contribution in [-0.2, 0) is 4.79 Å². The molecule has 0 radical (unpaired) electrons. The molecule has 1 unspecified atom stereocenters. The van der Waals surface area contributed by atoms with Crippen LogP contribution in [0.5, 0.6) is 0 Å². The van der Waals surface area contributed by atoms with E-state index in [0.29, 0.717) is 0 Å². The van der Waals surface area contributed by atoms with Gasteiger partial charge in [-0.3, -0.25) is 4.79 Å². The highest BCUT2D eigenvalue weighted by Crippen LogP contribution is 2.26. The molecule has 104 valence electrons. The summed E-state index contributed by atoms with van der Waals surface area (Å²) in [6, 6.07) is 6.24.